The van der Waals surface area contributed by atoms with Crippen molar-refractivity contribution >= 4 is 27.3 Å². The summed E-state index contributed by atoms with van der Waals surface area (Å²) in [6, 6.07) is 4.90. The fourth-order valence-electron chi connectivity index (χ4n) is 1.47. The Kier molecular flexibility index (Phi) is 4.53. The van der Waals surface area contributed by atoms with Gasteiger partial charge in [0.25, 0.3) is 10.0 Å². The first-order valence-electron chi connectivity index (χ1n) is 5.76. The van der Waals surface area contributed by atoms with Crippen LogP contribution in [-0.4, -0.2) is 30.7 Å². The van der Waals surface area contributed by atoms with Crippen molar-refractivity contribution in [3.05, 3.63) is 35.5 Å². The molecule has 0 fully saturated rings. The molecule has 2 rings (SSSR count). The minimum absolute atomic E-state index is 0.192. The second-order valence-corrected chi connectivity index (χ2v) is 6.92. The molecule has 0 radical (unpaired) electrons. The van der Waals surface area contributed by atoms with Gasteiger partial charge in [0, 0.05) is 13.2 Å². The van der Waals surface area contributed by atoms with E-state index >= 15 is 0 Å². The largest absolute Gasteiger partial charge is 0.349 e. The third kappa shape index (κ3) is 3.65. The van der Waals surface area contributed by atoms with E-state index in [9.17, 15) is 13.2 Å². The highest BCUT2D eigenvalue weighted by Gasteiger charge is 2.16. The van der Waals surface area contributed by atoms with E-state index in [2.05, 4.69) is 15.1 Å². The highest BCUT2D eigenvalue weighted by molar-refractivity contribution is 7.91. The molecular formula is C11H14N4O3S2. The van der Waals surface area contributed by atoms with Gasteiger partial charge in [0.05, 0.1) is 18.8 Å². The maximum atomic E-state index is 11.8. The zero-order valence-corrected chi connectivity index (χ0v) is 12.4. The Labute approximate surface area is 120 Å². The van der Waals surface area contributed by atoms with E-state index in [0.717, 1.165) is 17.0 Å². The first-order chi connectivity index (χ1) is 9.49. The van der Waals surface area contributed by atoms with E-state index in [1.807, 2.05) is 0 Å². The maximum Gasteiger partial charge on any atom is 0.250 e. The van der Waals surface area contributed by atoms with Crippen LogP contribution in [0.4, 0.5) is 0 Å². The van der Waals surface area contributed by atoms with Gasteiger partial charge < -0.3 is 5.32 Å². The van der Waals surface area contributed by atoms with Crippen molar-refractivity contribution < 1.29 is 13.2 Å². The Balaban J connectivity index is 1.82. The lowest BCUT2D eigenvalue weighted by Crippen LogP contribution is -2.36. The third-order valence-corrected chi connectivity index (χ3v) is 5.37. The van der Waals surface area contributed by atoms with Crippen molar-refractivity contribution in [1.82, 2.24) is 19.8 Å². The molecule has 0 unspecified atom stereocenters. The lowest BCUT2D eigenvalue weighted by atomic mass is 10.4. The van der Waals surface area contributed by atoms with Crippen molar-refractivity contribution in [2.45, 2.75) is 10.8 Å². The Morgan fingerprint density at radius 3 is 2.85 bits per heavy atom. The molecule has 2 N–H and O–H groups in total. The molecule has 0 aliphatic rings. The minimum Gasteiger partial charge on any atom is -0.349 e. The molecule has 0 bridgehead atoms. The van der Waals surface area contributed by atoms with Crippen LogP contribution < -0.4 is 10.0 Å². The van der Waals surface area contributed by atoms with Gasteiger partial charge >= 0.3 is 0 Å². The number of carbonyl (C=O) groups excluding carboxylic acids is 1. The van der Waals surface area contributed by atoms with Crippen LogP contribution >= 0.6 is 11.3 Å². The summed E-state index contributed by atoms with van der Waals surface area (Å²) in [5, 5.41) is 8.25. The Bertz CT molecular complexity index is 676. The highest BCUT2D eigenvalue weighted by Crippen LogP contribution is 2.14. The van der Waals surface area contributed by atoms with Crippen LogP contribution in [0, 0.1) is 0 Å². The number of thiophene rings is 1. The van der Waals surface area contributed by atoms with Gasteiger partial charge in [-0.05, 0) is 17.5 Å². The van der Waals surface area contributed by atoms with E-state index in [0.29, 0.717) is 6.54 Å². The molecule has 0 saturated heterocycles. The SMILES string of the molecule is Cn1nccc1CNC(=O)CNS(=O)(=O)c1cccs1. The van der Waals surface area contributed by atoms with Crippen LogP contribution in [0.3, 0.4) is 0 Å². The molecule has 0 atom stereocenters. The predicted molar refractivity (Wildman–Crippen MR) is 74.6 cm³/mol. The average Bonchev–Trinajstić information content (AvgIpc) is 3.05. The smallest absolute Gasteiger partial charge is 0.250 e. The molecule has 7 nitrogen and oxygen atoms in total. The number of hydrogen-bond acceptors (Lipinski definition) is 5. The van der Waals surface area contributed by atoms with Crippen molar-refractivity contribution in [3.8, 4) is 0 Å². The van der Waals surface area contributed by atoms with E-state index < -0.39 is 15.9 Å². The zero-order chi connectivity index (χ0) is 14.6. The van der Waals surface area contributed by atoms with Gasteiger partial charge in [-0.2, -0.15) is 5.10 Å². The fourth-order valence-corrected chi connectivity index (χ4v) is 3.49. The molecule has 108 valence electrons. The molecule has 9 heteroatoms. The van der Waals surface area contributed by atoms with E-state index in [4.69, 9.17) is 0 Å². The monoisotopic (exact) mass is 314 g/mol. The summed E-state index contributed by atoms with van der Waals surface area (Å²) in [4.78, 5) is 11.6. The number of sulfonamides is 1. The maximum absolute atomic E-state index is 11.8. The molecule has 0 aromatic carbocycles. The topological polar surface area (TPSA) is 93.1 Å². The van der Waals surface area contributed by atoms with Crippen LogP contribution in [0.1, 0.15) is 5.69 Å². The normalized spacial score (nSPS) is 11.4. The van der Waals surface area contributed by atoms with Crippen LogP contribution in [0.2, 0.25) is 0 Å². The molecule has 2 heterocycles. The first kappa shape index (κ1) is 14.7. The van der Waals surface area contributed by atoms with Crippen molar-refractivity contribution in [2.75, 3.05) is 6.54 Å². The van der Waals surface area contributed by atoms with Gasteiger partial charge in [0.1, 0.15) is 4.21 Å². The molecule has 1 amide bonds. The molecule has 0 saturated carbocycles. The van der Waals surface area contributed by atoms with Gasteiger partial charge in [-0.1, -0.05) is 6.07 Å². The lowest BCUT2D eigenvalue weighted by Gasteiger charge is -2.07. The third-order valence-electron chi connectivity index (χ3n) is 2.57. The van der Waals surface area contributed by atoms with Gasteiger partial charge in [0.2, 0.25) is 5.91 Å². The minimum atomic E-state index is -3.60. The number of rotatable bonds is 6. The van der Waals surface area contributed by atoms with Gasteiger partial charge in [0.15, 0.2) is 0 Å². The number of nitrogens with one attached hydrogen (secondary N) is 2. The molecular weight excluding hydrogens is 300 g/mol. The number of carbonyl (C=O) groups is 1. The second-order valence-electron chi connectivity index (χ2n) is 3.98. The summed E-state index contributed by atoms with van der Waals surface area (Å²) in [5.74, 6) is -0.397. The molecule has 20 heavy (non-hydrogen) atoms. The quantitative estimate of drug-likeness (QED) is 0.789. The molecule has 2 aromatic rings. The van der Waals surface area contributed by atoms with Crippen molar-refractivity contribution in [1.29, 1.82) is 0 Å². The molecule has 0 spiro atoms. The van der Waals surface area contributed by atoms with Crippen LogP contribution in [0.15, 0.2) is 34.0 Å². The number of hydrogen-bond donors (Lipinski definition) is 2. The van der Waals surface area contributed by atoms with E-state index in [1.165, 1.54) is 6.07 Å². The zero-order valence-electron chi connectivity index (χ0n) is 10.7. The van der Waals surface area contributed by atoms with Gasteiger partial charge in [-0.3, -0.25) is 9.48 Å². The Morgan fingerprint density at radius 1 is 1.45 bits per heavy atom. The van der Waals surface area contributed by atoms with Crippen molar-refractivity contribution in [3.63, 3.8) is 0 Å². The lowest BCUT2D eigenvalue weighted by molar-refractivity contribution is -0.120. The average molecular weight is 314 g/mol. The Morgan fingerprint density at radius 2 is 2.25 bits per heavy atom. The number of aromatic nitrogens is 2. The molecule has 0 aliphatic heterocycles. The van der Waals surface area contributed by atoms with Crippen LogP contribution in [0.5, 0.6) is 0 Å². The van der Waals surface area contributed by atoms with E-state index in [1.54, 1.807) is 35.4 Å². The molecule has 0 aliphatic carbocycles. The number of aryl methyl sites for hydroxylation is 1. The summed E-state index contributed by atoms with van der Waals surface area (Å²) in [5.41, 5.74) is 0.833. The summed E-state index contributed by atoms with van der Waals surface area (Å²) in [6.07, 6.45) is 1.63. The summed E-state index contributed by atoms with van der Waals surface area (Å²) in [7, 11) is -1.84. The Hall–Kier alpha value is -1.71. The summed E-state index contributed by atoms with van der Waals surface area (Å²) < 4.78 is 27.7. The highest BCUT2D eigenvalue weighted by atomic mass is 32.2. The summed E-state index contributed by atoms with van der Waals surface area (Å²) >= 11 is 1.10. The van der Waals surface area contributed by atoms with E-state index in [-0.39, 0.29) is 10.8 Å². The second kappa shape index (κ2) is 6.16. The van der Waals surface area contributed by atoms with Gasteiger partial charge in [-0.25, -0.2) is 13.1 Å². The van der Waals surface area contributed by atoms with Crippen molar-refractivity contribution in [2.24, 2.45) is 7.05 Å². The van der Waals surface area contributed by atoms with Crippen LogP contribution in [0.25, 0.3) is 0 Å². The molecule has 2 aromatic heterocycles. The number of nitrogens with zero attached hydrogens (tertiary/aromatic N) is 2. The standard InChI is InChI=1S/C11H14N4O3S2/c1-15-9(4-5-13-15)7-12-10(16)8-14-20(17,18)11-3-2-6-19-11/h2-6,14H,7-8H2,1H3,(H,12,16). The van der Waals surface area contributed by atoms with Gasteiger partial charge in [-0.15, -0.1) is 11.3 Å². The summed E-state index contributed by atoms with van der Waals surface area (Å²) in [6.45, 7) is 0.00808. The van der Waals surface area contributed by atoms with Crippen LogP contribution in [-0.2, 0) is 28.4 Å². The predicted octanol–water partition coefficient (Wildman–Crippen LogP) is 0.0763. The fraction of sp³-hybridized carbons (Fsp3) is 0.273. The number of amides is 1. The first-order valence-corrected chi connectivity index (χ1v) is 8.12.